The van der Waals surface area contributed by atoms with Crippen molar-refractivity contribution >= 4 is 11.9 Å². The van der Waals surface area contributed by atoms with Crippen LogP contribution >= 0.6 is 0 Å². The summed E-state index contributed by atoms with van der Waals surface area (Å²) < 4.78 is 1.74. The predicted octanol–water partition coefficient (Wildman–Crippen LogP) is 1.77. The molecule has 0 spiro atoms. The van der Waals surface area contributed by atoms with Gasteiger partial charge in [-0.05, 0) is 6.07 Å². The van der Waals surface area contributed by atoms with Crippen molar-refractivity contribution in [1.82, 2.24) is 14.6 Å². The van der Waals surface area contributed by atoms with Crippen LogP contribution in [0.2, 0.25) is 0 Å². The van der Waals surface area contributed by atoms with E-state index in [-0.39, 0.29) is 5.41 Å². The third-order valence-electron chi connectivity index (χ3n) is 2.42. The highest BCUT2D eigenvalue weighted by Gasteiger charge is 2.20. The molecule has 0 N–H and O–H groups in total. The van der Waals surface area contributed by atoms with Gasteiger partial charge in [0, 0.05) is 23.6 Å². The van der Waals surface area contributed by atoms with Crippen LogP contribution < -0.4 is 0 Å². The molecule has 0 radical (unpaired) electrons. The maximum atomic E-state index is 10.6. The van der Waals surface area contributed by atoms with E-state index in [9.17, 15) is 4.79 Å². The van der Waals surface area contributed by atoms with Crippen LogP contribution in [0, 0.1) is 0 Å². The Morgan fingerprint density at radius 1 is 1.44 bits per heavy atom. The zero-order valence-corrected chi connectivity index (χ0v) is 9.77. The molecular formula is C12H15N3O. The summed E-state index contributed by atoms with van der Waals surface area (Å²) in [5, 5.41) is 4.42. The summed E-state index contributed by atoms with van der Waals surface area (Å²) in [7, 11) is 0. The third-order valence-corrected chi connectivity index (χ3v) is 2.42. The number of fused-ring (bicyclic) bond motifs is 1. The molecule has 0 fully saturated rings. The quantitative estimate of drug-likeness (QED) is 0.720. The molecule has 4 heteroatoms. The second-order valence-electron chi connectivity index (χ2n) is 4.86. The lowest BCUT2D eigenvalue weighted by Gasteiger charge is -2.11. The van der Waals surface area contributed by atoms with E-state index in [1.165, 1.54) is 0 Å². The summed E-state index contributed by atoms with van der Waals surface area (Å²) in [6, 6.07) is 3.79. The molecule has 2 aromatic heterocycles. The van der Waals surface area contributed by atoms with Crippen LogP contribution in [0.3, 0.4) is 0 Å². The lowest BCUT2D eigenvalue weighted by molar-refractivity contribution is -0.107. The summed E-state index contributed by atoms with van der Waals surface area (Å²) in [5.74, 6) is 0.797. The van der Waals surface area contributed by atoms with Crippen molar-refractivity contribution in [2.24, 2.45) is 0 Å². The summed E-state index contributed by atoms with van der Waals surface area (Å²) in [6.45, 7) is 6.21. The molecule has 0 saturated carbocycles. The van der Waals surface area contributed by atoms with Gasteiger partial charge in [0.25, 0.3) is 0 Å². The molecule has 0 aliphatic rings. The summed E-state index contributed by atoms with van der Waals surface area (Å²) >= 11 is 0. The molecule has 84 valence electrons. The Bertz CT molecular complexity index is 523. The highest BCUT2D eigenvalue weighted by atomic mass is 16.1. The van der Waals surface area contributed by atoms with E-state index in [0.29, 0.717) is 6.42 Å². The number of carbonyl (C=O) groups is 1. The van der Waals surface area contributed by atoms with Crippen LogP contribution in [0.1, 0.15) is 32.2 Å². The molecule has 0 aliphatic carbocycles. The van der Waals surface area contributed by atoms with Crippen molar-refractivity contribution in [1.29, 1.82) is 0 Å². The van der Waals surface area contributed by atoms with E-state index in [4.69, 9.17) is 0 Å². The van der Waals surface area contributed by atoms with Gasteiger partial charge < -0.3 is 4.79 Å². The Labute approximate surface area is 94.3 Å². The Morgan fingerprint density at radius 3 is 2.81 bits per heavy atom. The molecule has 16 heavy (non-hydrogen) atoms. The molecule has 0 aliphatic heterocycles. The molecule has 0 amide bonds. The van der Waals surface area contributed by atoms with Gasteiger partial charge in [0.05, 0.1) is 0 Å². The van der Waals surface area contributed by atoms with Gasteiger partial charge in [-0.1, -0.05) is 26.8 Å². The van der Waals surface area contributed by atoms with E-state index >= 15 is 0 Å². The number of rotatable bonds is 2. The topological polar surface area (TPSA) is 47.3 Å². The highest BCUT2D eigenvalue weighted by Crippen LogP contribution is 2.20. The number of hydrogen-bond donors (Lipinski definition) is 0. The van der Waals surface area contributed by atoms with Crippen molar-refractivity contribution in [3.8, 4) is 0 Å². The van der Waals surface area contributed by atoms with Crippen LogP contribution in [-0.4, -0.2) is 20.9 Å². The summed E-state index contributed by atoms with van der Waals surface area (Å²) in [5.41, 5.74) is 1.62. The van der Waals surface area contributed by atoms with Crippen molar-refractivity contribution in [3.63, 3.8) is 0 Å². The average molecular weight is 217 g/mol. The fourth-order valence-corrected chi connectivity index (χ4v) is 1.53. The molecule has 2 aromatic rings. The molecule has 2 heterocycles. The number of aldehydes is 1. The number of hydrogen-bond acceptors (Lipinski definition) is 3. The number of carbonyl (C=O) groups excluding carboxylic acids is 1. The normalized spacial score (nSPS) is 11.9. The van der Waals surface area contributed by atoms with E-state index in [2.05, 4.69) is 30.9 Å². The monoisotopic (exact) mass is 217 g/mol. The Balaban J connectivity index is 2.61. The molecule has 0 saturated heterocycles. The van der Waals surface area contributed by atoms with Crippen molar-refractivity contribution < 1.29 is 4.79 Å². The van der Waals surface area contributed by atoms with Gasteiger partial charge in [-0.3, -0.25) is 0 Å². The Morgan fingerprint density at radius 2 is 2.19 bits per heavy atom. The van der Waals surface area contributed by atoms with Crippen molar-refractivity contribution in [2.75, 3.05) is 0 Å². The first-order valence-electron chi connectivity index (χ1n) is 5.31. The summed E-state index contributed by atoms with van der Waals surface area (Å²) in [6.07, 6.45) is 3.12. The number of nitrogens with zero attached hydrogens (tertiary/aromatic N) is 3. The first-order valence-corrected chi connectivity index (χ1v) is 5.31. The van der Waals surface area contributed by atoms with Crippen LogP contribution in [0.15, 0.2) is 18.3 Å². The Kier molecular flexibility index (Phi) is 2.50. The van der Waals surface area contributed by atoms with Crippen LogP contribution in [0.4, 0.5) is 0 Å². The Hall–Kier alpha value is -1.71. The smallest absolute Gasteiger partial charge is 0.159 e. The predicted molar refractivity (Wildman–Crippen MR) is 61.5 cm³/mol. The molecule has 0 unspecified atom stereocenters. The van der Waals surface area contributed by atoms with Gasteiger partial charge >= 0.3 is 0 Å². The second-order valence-corrected chi connectivity index (χ2v) is 4.86. The molecular weight excluding hydrogens is 202 g/mol. The SMILES string of the molecule is CC(C)(C)c1nc2c(CC=O)cccn2n1. The molecule has 0 atom stereocenters. The van der Waals surface area contributed by atoms with Gasteiger partial charge in [0.1, 0.15) is 6.29 Å². The standard InChI is InChI=1S/C12H15N3O/c1-12(2,3)11-13-10-9(6-8-16)5-4-7-15(10)14-11/h4-5,7-8H,6H2,1-3H3. The van der Waals surface area contributed by atoms with Gasteiger partial charge in [0.15, 0.2) is 11.5 Å². The molecule has 0 aromatic carbocycles. The zero-order chi connectivity index (χ0) is 11.8. The number of aromatic nitrogens is 3. The largest absolute Gasteiger partial charge is 0.303 e. The van der Waals surface area contributed by atoms with E-state index in [0.717, 1.165) is 23.3 Å². The maximum absolute atomic E-state index is 10.6. The third kappa shape index (κ3) is 1.83. The van der Waals surface area contributed by atoms with Crippen molar-refractivity contribution in [2.45, 2.75) is 32.6 Å². The highest BCUT2D eigenvalue weighted by molar-refractivity contribution is 5.61. The minimum Gasteiger partial charge on any atom is -0.303 e. The first kappa shape index (κ1) is 10.8. The van der Waals surface area contributed by atoms with Gasteiger partial charge in [-0.25, -0.2) is 9.50 Å². The molecule has 4 nitrogen and oxygen atoms in total. The average Bonchev–Trinajstić information content (AvgIpc) is 2.62. The van der Waals surface area contributed by atoms with E-state index in [1.807, 2.05) is 18.3 Å². The molecule has 0 bridgehead atoms. The number of pyridine rings is 1. The zero-order valence-electron chi connectivity index (χ0n) is 9.77. The van der Waals surface area contributed by atoms with Crippen LogP contribution in [-0.2, 0) is 16.6 Å². The van der Waals surface area contributed by atoms with Gasteiger partial charge in [-0.2, -0.15) is 5.10 Å². The summed E-state index contributed by atoms with van der Waals surface area (Å²) in [4.78, 5) is 15.1. The maximum Gasteiger partial charge on any atom is 0.159 e. The lowest BCUT2D eigenvalue weighted by atomic mass is 9.96. The minimum atomic E-state index is -0.0789. The molecule has 2 rings (SSSR count). The fraction of sp³-hybridized carbons (Fsp3) is 0.417. The van der Waals surface area contributed by atoms with Crippen LogP contribution in [0.5, 0.6) is 0 Å². The van der Waals surface area contributed by atoms with E-state index in [1.54, 1.807) is 4.52 Å². The van der Waals surface area contributed by atoms with Crippen LogP contribution in [0.25, 0.3) is 5.65 Å². The van der Waals surface area contributed by atoms with Gasteiger partial charge in [-0.15, -0.1) is 0 Å². The minimum absolute atomic E-state index is 0.0789. The van der Waals surface area contributed by atoms with E-state index < -0.39 is 0 Å². The van der Waals surface area contributed by atoms with Gasteiger partial charge in [0.2, 0.25) is 0 Å². The second kappa shape index (κ2) is 3.70. The fourth-order valence-electron chi connectivity index (χ4n) is 1.53. The van der Waals surface area contributed by atoms with Crippen molar-refractivity contribution in [3.05, 3.63) is 29.7 Å². The lowest BCUT2D eigenvalue weighted by Crippen LogP contribution is -2.13. The first-order chi connectivity index (χ1) is 7.52.